The predicted molar refractivity (Wildman–Crippen MR) is 82.6 cm³/mol. The van der Waals surface area contributed by atoms with Crippen LogP contribution in [0.4, 0.5) is 0 Å². The van der Waals surface area contributed by atoms with Gasteiger partial charge in [-0.25, -0.2) is 0 Å². The number of piperidine rings is 1. The molecule has 0 bridgehead atoms. The van der Waals surface area contributed by atoms with Crippen molar-refractivity contribution >= 4 is 5.97 Å². The second kappa shape index (κ2) is 7.22. The van der Waals surface area contributed by atoms with Gasteiger partial charge < -0.3 is 9.30 Å². The Hall–Kier alpha value is -1.43. The first-order valence-corrected chi connectivity index (χ1v) is 8.58. The molecule has 0 unspecified atom stereocenters. The molecule has 3 heterocycles. The molecule has 6 heteroatoms. The van der Waals surface area contributed by atoms with Crippen LogP contribution >= 0.6 is 0 Å². The van der Waals surface area contributed by atoms with Crippen LogP contribution in [0.1, 0.15) is 56.6 Å². The second-order valence-corrected chi connectivity index (χ2v) is 6.29. The van der Waals surface area contributed by atoms with Gasteiger partial charge in [0.05, 0.1) is 13.2 Å². The molecule has 0 N–H and O–H groups in total. The average Bonchev–Trinajstić information content (AvgIpc) is 2.77. The minimum atomic E-state index is -0.114. The summed E-state index contributed by atoms with van der Waals surface area (Å²) in [6, 6.07) is 0. The average molecular weight is 306 g/mol. The third-order valence-electron chi connectivity index (χ3n) is 4.75. The summed E-state index contributed by atoms with van der Waals surface area (Å²) in [5.41, 5.74) is 0. The number of hydrogen-bond acceptors (Lipinski definition) is 5. The molecule has 2 aliphatic heterocycles. The van der Waals surface area contributed by atoms with Gasteiger partial charge in [0.2, 0.25) is 0 Å². The number of ether oxygens (including phenoxy) is 1. The topological polar surface area (TPSA) is 60.2 Å². The first kappa shape index (κ1) is 15.5. The van der Waals surface area contributed by atoms with Crippen LogP contribution in [0.25, 0.3) is 0 Å². The summed E-state index contributed by atoms with van der Waals surface area (Å²) in [4.78, 5) is 13.7. The summed E-state index contributed by atoms with van der Waals surface area (Å²) < 4.78 is 7.38. The molecule has 2 aliphatic rings. The summed E-state index contributed by atoms with van der Waals surface area (Å²) in [6.45, 7) is 5.67. The van der Waals surface area contributed by atoms with Crippen molar-refractivity contribution in [2.45, 2.75) is 57.9 Å². The van der Waals surface area contributed by atoms with Crippen LogP contribution in [0, 0.1) is 0 Å². The maximum Gasteiger partial charge on any atom is 0.320 e. The Morgan fingerprint density at radius 3 is 2.77 bits per heavy atom. The molecule has 0 aliphatic carbocycles. The van der Waals surface area contributed by atoms with E-state index in [1.165, 1.54) is 30.9 Å². The summed E-state index contributed by atoms with van der Waals surface area (Å²) in [6.07, 6.45) is 6.93. The minimum absolute atomic E-state index is 0.114. The third kappa shape index (κ3) is 3.48. The van der Waals surface area contributed by atoms with E-state index in [2.05, 4.69) is 19.7 Å². The van der Waals surface area contributed by atoms with Crippen molar-refractivity contribution in [1.29, 1.82) is 0 Å². The Balaban J connectivity index is 1.58. The lowest BCUT2D eigenvalue weighted by molar-refractivity contribution is -0.144. The largest absolute Gasteiger partial charge is 0.465 e. The van der Waals surface area contributed by atoms with E-state index in [0.717, 1.165) is 38.9 Å². The van der Waals surface area contributed by atoms with Crippen molar-refractivity contribution in [3.63, 3.8) is 0 Å². The lowest BCUT2D eigenvalue weighted by atomic mass is 9.96. The number of hydrogen-bond donors (Lipinski definition) is 0. The van der Waals surface area contributed by atoms with E-state index in [0.29, 0.717) is 19.1 Å². The van der Waals surface area contributed by atoms with Gasteiger partial charge in [0.25, 0.3) is 0 Å². The minimum Gasteiger partial charge on any atom is -0.465 e. The van der Waals surface area contributed by atoms with Crippen molar-refractivity contribution in [2.24, 2.45) is 0 Å². The maximum atomic E-state index is 11.6. The molecule has 122 valence electrons. The number of likely N-dealkylation sites (tertiary alicyclic amines) is 1. The zero-order chi connectivity index (χ0) is 15.4. The van der Waals surface area contributed by atoms with Crippen LogP contribution in [0.3, 0.4) is 0 Å². The van der Waals surface area contributed by atoms with Crippen molar-refractivity contribution in [1.82, 2.24) is 19.7 Å². The van der Waals surface area contributed by atoms with E-state index in [1.807, 2.05) is 6.92 Å². The van der Waals surface area contributed by atoms with E-state index >= 15 is 0 Å². The van der Waals surface area contributed by atoms with Crippen LogP contribution in [0.15, 0.2) is 0 Å². The molecule has 22 heavy (non-hydrogen) atoms. The number of rotatable bonds is 4. The number of esters is 1. The first-order valence-electron chi connectivity index (χ1n) is 8.58. The van der Waals surface area contributed by atoms with Gasteiger partial charge in [0, 0.05) is 18.9 Å². The molecule has 1 fully saturated rings. The molecule has 0 aromatic carbocycles. The van der Waals surface area contributed by atoms with E-state index < -0.39 is 0 Å². The third-order valence-corrected chi connectivity index (χ3v) is 4.75. The fraction of sp³-hybridized carbons (Fsp3) is 0.812. The fourth-order valence-corrected chi connectivity index (χ4v) is 3.55. The molecule has 1 saturated heterocycles. The van der Waals surface area contributed by atoms with Crippen molar-refractivity contribution in [3.8, 4) is 0 Å². The van der Waals surface area contributed by atoms with Gasteiger partial charge in [-0.05, 0) is 45.7 Å². The molecule has 1 aromatic rings. The number of aromatic nitrogens is 3. The van der Waals surface area contributed by atoms with Crippen LogP contribution < -0.4 is 0 Å². The van der Waals surface area contributed by atoms with Gasteiger partial charge in [0.1, 0.15) is 11.6 Å². The quantitative estimate of drug-likeness (QED) is 0.793. The van der Waals surface area contributed by atoms with Crippen molar-refractivity contribution in [2.75, 3.05) is 26.2 Å². The molecule has 0 atom stereocenters. The number of nitrogens with zero attached hydrogens (tertiary/aromatic N) is 4. The summed E-state index contributed by atoms with van der Waals surface area (Å²) in [5.74, 6) is 2.71. The molecule has 0 spiro atoms. The zero-order valence-corrected chi connectivity index (χ0v) is 13.5. The molecule has 6 nitrogen and oxygen atoms in total. The van der Waals surface area contributed by atoms with E-state index in [9.17, 15) is 4.79 Å². The van der Waals surface area contributed by atoms with Crippen molar-refractivity contribution in [3.05, 3.63) is 11.6 Å². The number of carbonyl (C=O) groups excluding carboxylic acids is 1. The van der Waals surface area contributed by atoms with Gasteiger partial charge in [-0.2, -0.15) is 0 Å². The Labute approximate surface area is 131 Å². The van der Waals surface area contributed by atoms with E-state index in [-0.39, 0.29) is 5.97 Å². The summed E-state index contributed by atoms with van der Waals surface area (Å²) in [7, 11) is 0. The summed E-state index contributed by atoms with van der Waals surface area (Å²) >= 11 is 0. The highest BCUT2D eigenvalue weighted by molar-refractivity contribution is 5.71. The number of fused-ring (bicyclic) bond motifs is 1. The molecule has 3 rings (SSSR count). The van der Waals surface area contributed by atoms with Gasteiger partial charge >= 0.3 is 5.97 Å². The lowest BCUT2D eigenvalue weighted by Crippen LogP contribution is -2.38. The number of aryl methyl sites for hydroxylation is 1. The highest BCUT2D eigenvalue weighted by Crippen LogP contribution is 2.28. The predicted octanol–water partition coefficient (Wildman–Crippen LogP) is 1.75. The van der Waals surface area contributed by atoms with E-state index in [1.54, 1.807) is 0 Å². The second-order valence-electron chi connectivity index (χ2n) is 6.29. The Kier molecular flexibility index (Phi) is 5.08. The molecular weight excluding hydrogens is 280 g/mol. The lowest BCUT2D eigenvalue weighted by Gasteiger charge is -2.30. The zero-order valence-electron chi connectivity index (χ0n) is 13.5. The van der Waals surface area contributed by atoms with Crippen LogP contribution in [0.5, 0.6) is 0 Å². The van der Waals surface area contributed by atoms with Crippen LogP contribution in [0.2, 0.25) is 0 Å². The van der Waals surface area contributed by atoms with Crippen LogP contribution in [-0.2, 0) is 22.5 Å². The highest BCUT2D eigenvalue weighted by Gasteiger charge is 2.27. The molecule has 0 saturated carbocycles. The smallest absolute Gasteiger partial charge is 0.320 e. The molecule has 0 radical (unpaired) electrons. The van der Waals surface area contributed by atoms with Crippen LogP contribution in [-0.4, -0.2) is 51.9 Å². The fourth-order valence-electron chi connectivity index (χ4n) is 3.55. The molecule has 1 aromatic heterocycles. The van der Waals surface area contributed by atoms with Gasteiger partial charge in [0.15, 0.2) is 0 Å². The normalized spacial score (nSPS) is 20.4. The number of carbonyl (C=O) groups is 1. The standard InChI is InChI=1S/C16H26N4O2/c1-2-22-15(21)12-19-10-7-13(8-11-19)16-18-17-14-6-4-3-5-9-20(14)16/h13H,2-12H2,1H3. The molecule has 0 amide bonds. The molecular formula is C16H26N4O2. The van der Waals surface area contributed by atoms with E-state index in [4.69, 9.17) is 4.74 Å². The van der Waals surface area contributed by atoms with Gasteiger partial charge in [-0.15, -0.1) is 10.2 Å². The highest BCUT2D eigenvalue weighted by atomic mass is 16.5. The monoisotopic (exact) mass is 306 g/mol. The SMILES string of the molecule is CCOC(=O)CN1CCC(c2nnc3n2CCCCC3)CC1. The Bertz CT molecular complexity index is 506. The Morgan fingerprint density at radius 1 is 1.18 bits per heavy atom. The Morgan fingerprint density at radius 2 is 2.00 bits per heavy atom. The maximum absolute atomic E-state index is 11.6. The summed E-state index contributed by atoms with van der Waals surface area (Å²) in [5, 5.41) is 8.89. The van der Waals surface area contributed by atoms with Gasteiger partial charge in [-0.3, -0.25) is 9.69 Å². The van der Waals surface area contributed by atoms with Crippen molar-refractivity contribution < 1.29 is 9.53 Å². The van der Waals surface area contributed by atoms with Gasteiger partial charge in [-0.1, -0.05) is 6.42 Å². The first-order chi connectivity index (χ1) is 10.8.